The fourth-order valence-corrected chi connectivity index (χ4v) is 1.07. The molecule has 0 fully saturated rings. The average molecular weight is 173 g/mol. The molecule has 0 aromatic heterocycles. The van der Waals surface area contributed by atoms with Crippen molar-refractivity contribution in [2.75, 3.05) is 0 Å². The molecule has 0 aliphatic rings. The first-order chi connectivity index (χ1) is 5.29. The van der Waals surface area contributed by atoms with Gasteiger partial charge in [0.1, 0.15) is 6.67 Å². The van der Waals surface area contributed by atoms with Crippen molar-refractivity contribution in [3.05, 3.63) is 34.3 Å². The summed E-state index contributed by atoms with van der Waals surface area (Å²) in [5.41, 5.74) is 0.587. The Bertz CT molecular complexity index is 273. The van der Waals surface area contributed by atoms with Crippen LogP contribution < -0.4 is 0 Å². The summed E-state index contributed by atoms with van der Waals surface area (Å²) in [6.07, 6.45) is 0.567. The van der Waals surface area contributed by atoms with Crippen LogP contribution in [0, 0.1) is 0 Å². The van der Waals surface area contributed by atoms with E-state index in [9.17, 15) is 9.18 Å². The number of carbonyl (C=O) groups is 1. The minimum atomic E-state index is -0.658. The van der Waals surface area contributed by atoms with Gasteiger partial charge in [0, 0.05) is 5.56 Å². The van der Waals surface area contributed by atoms with E-state index in [0.29, 0.717) is 16.9 Å². The first-order valence-corrected chi connectivity index (χ1v) is 3.46. The maximum Gasteiger partial charge on any atom is 0.151 e. The molecule has 1 aromatic carbocycles. The molecule has 0 unspecified atom stereocenters. The number of hydrogen-bond donors (Lipinski definition) is 0. The standard InChI is InChI=1S/C8H6ClFO/c9-8-3-1-2-6(4-10)7(8)5-11/h1-3,5H,4H2. The molecule has 0 saturated heterocycles. The van der Waals surface area contributed by atoms with Crippen molar-refractivity contribution in [1.29, 1.82) is 0 Å². The van der Waals surface area contributed by atoms with Crippen LogP contribution in [0.4, 0.5) is 4.39 Å². The third kappa shape index (κ3) is 1.57. The molecule has 58 valence electrons. The van der Waals surface area contributed by atoms with E-state index in [1.165, 1.54) is 6.07 Å². The van der Waals surface area contributed by atoms with E-state index in [1.54, 1.807) is 12.1 Å². The molecule has 0 heterocycles. The summed E-state index contributed by atoms with van der Waals surface area (Å²) in [5.74, 6) is 0. The molecule has 0 radical (unpaired) electrons. The zero-order chi connectivity index (χ0) is 8.27. The summed E-state index contributed by atoms with van der Waals surface area (Å²) in [6, 6.07) is 4.71. The summed E-state index contributed by atoms with van der Waals surface area (Å²) in [6.45, 7) is -0.658. The van der Waals surface area contributed by atoms with Crippen LogP contribution in [0.3, 0.4) is 0 Å². The van der Waals surface area contributed by atoms with Crippen molar-refractivity contribution in [3.63, 3.8) is 0 Å². The zero-order valence-electron chi connectivity index (χ0n) is 5.68. The Balaban J connectivity index is 3.24. The monoisotopic (exact) mass is 172 g/mol. The van der Waals surface area contributed by atoms with Gasteiger partial charge in [-0.3, -0.25) is 4.79 Å². The highest BCUT2D eigenvalue weighted by Gasteiger charge is 2.03. The first-order valence-electron chi connectivity index (χ1n) is 3.08. The van der Waals surface area contributed by atoms with Crippen molar-refractivity contribution in [2.45, 2.75) is 6.67 Å². The Labute approximate surface area is 68.8 Å². The molecular weight excluding hydrogens is 167 g/mol. The summed E-state index contributed by atoms with van der Waals surface area (Å²) < 4.78 is 12.1. The quantitative estimate of drug-likeness (QED) is 0.627. The molecule has 11 heavy (non-hydrogen) atoms. The molecule has 0 N–H and O–H groups in total. The first kappa shape index (κ1) is 8.21. The van der Waals surface area contributed by atoms with Crippen molar-refractivity contribution in [2.24, 2.45) is 0 Å². The normalized spacial score (nSPS) is 9.64. The van der Waals surface area contributed by atoms with Gasteiger partial charge in [0.2, 0.25) is 0 Å². The van der Waals surface area contributed by atoms with Gasteiger partial charge in [-0.05, 0) is 11.6 Å². The number of halogens is 2. The summed E-state index contributed by atoms with van der Waals surface area (Å²) in [5, 5.41) is 0.301. The van der Waals surface area contributed by atoms with Crippen LogP contribution in [0.1, 0.15) is 15.9 Å². The fraction of sp³-hybridized carbons (Fsp3) is 0.125. The van der Waals surface area contributed by atoms with Crippen LogP contribution in [0.5, 0.6) is 0 Å². The molecule has 3 heteroatoms. The predicted molar refractivity (Wildman–Crippen MR) is 41.7 cm³/mol. The Morgan fingerprint density at radius 3 is 2.73 bits per heavy atom. The van der Waals surface area contributed by atoms with Gasteiger partial charge in [-0.1, -0.05) is 23.7 Å². The number of alkyl halides is 1. The SMILES string of the molecule is O=Cc1c(Cl)cccc1CF. The van der Waals surface area contributed by atoms with Gasteiger partial charge in [0.15, 0.2) is 6.29 Å². The highest BCUT2D eigenvalue weighted by molar-refractivity contribution is 6.33. The smallest absolute Gasteiger partial charge is 0.151 e. The molecule has 0 spiro atoms. The number of rotatable bonds is 2. The highest BCUT2D eigenvalue weighted by atomic mass is 35.5. The number of carbonyl (C=O) groups excluding carboxylic acids is 1. The van der Waals surface area contributed by atoms with E-state index < -0.39 is 6.67 Å². The van der Waals surface area contributed by atoms with E-state index in [2.05, 4.69) is 0 Å². The van der Waals surface area contributed by atoms with Gasteiger partial charge in [-0.25, -0.2) is 4.39 Å². The van der Waals surface area contributed by atoms with E-state index in [1.807, 2.05) is 0 Å². The lowest BCUT2D eigenvalue weighted by molar-refractivity contribution is 0.112. The molecule has 1 rings (SSSR count). The second-order valence-electron chi connectivity index (χ2n) is 2.06. The number of benzene rings is 1. The Hall–Kier alpha value is -0.890. The third-order valence-electron chi connectivity index (χ3n) is 1.41. The molecule has 0 aliphatic carbocycles. The molecule has 0 aliphatic heterocycles. The van der Waals surface area contributed by atoms with Crippen LogP contribution >= 0.6 is 11.6 Å². The summed E-state index contributed by atoms with van der Waals surface area (Å²) in [7, 11) is 0. The van der Waals surface area contributed by atoms with Gasteiger partial charge < -0.3 is 0 Å². The van der Waals surface area contributed by atoms with Crippen LogP contribution in [0.2, 0.25) is 5.02 Å². The predicted octanol–water partition coefficient (Wildman–Crippen LogP) is 2.62. The molecule has 0 saturated carbocycles. The second-order valence-corrected chi connectivity index (χ2v) is 2.47. The van der Waals surface area contributed by atoms with Gasteiger partial charge in [0.25, 0.3) is 0 Å². The lowest BCUT2D eigenvalue weighted by Gasteiger charge is -1.99. The van der Waals surface area contributed by atoms with Crippen molar-refractivity contribution in [1.82, 2.24) is 0 Å². The van der Waals surface area contributed by atoms with E-state index in [4.69, 9.17) is 11.6 Å². The minimum Gasteiger partial charge on any atom is -0.298 e. The fourth-order valence-electron chi connectivity index (χ4n) is 0.830. The molecule has 0 amide bonds. The maximum absolute atomic E-state index is 12.1. The van der Waals surface area contributed by atoms with Crippen LogP contribution in [-0.2, 0) is 6.67 Å². The maximum atomic E-state index is 12.1. The summed E-state index contributed by atoms with van der Waals surface area (Å²) in [4.78, 5) is 10.4. The lowest BCUT2D eigenvalue weighted by Crippen LogP contribution is -1.89. The largest absolute Gasteiger partial charge is 0.298 e. The molecule has 1 nitrogen and oxygen atoms in total. The van der Waals surface area contributed by atoms with Crippen molar-refractivity contribution >= 4 is 17.9 Å². The van der Waals surface area contributed by atoms with Crippen LogP contribution in [0.25, 0.3) is 0 Å². The summed E-state index contributed by atoms with van der Waals surface area (Å²) >= 11 is 5.61. The molecule has 1 aromatic rings. The molecule has 0 bridgehead atoms. The number of hydrogen-bond acceptors (Lipinski definition) is 1. The van der Waals surface area contributed by atoms with Crippen LogP contribution in [-0.4, -0.2) is 6.29 Å². The zero-order valence-corrected chi connectivity index (χ0v) is 6.44. The van der Waals surface area contributed by atoms with E-state index in [0.717, 1.165) is 0 Å². The van der Waals surface area contributed by atoms with E-state index >= 15 is 0 Å². The van der Waals surface area contributed by atoms with Crippen molar-refractivity contribution < 1.29 is 9.18 Å². The Morgan fingerprint density at radius 2 is 2.27 bits per heavy atom. The average Bonchev–Trinajstić information content (AvgIpc) is 2.04. The van der Waals surface area contributed by atoms with Gasteiger partial charge >= 0.3 is 0 Å². The Morgan fingerprint density at radius 1 is 1.55 bits per heavy atom. The second kappa shape index (κ2) is 3.49. The van der Waals surface area contributed by atoms with E-state index in [-0.39, 0.29) is 5.56 Å². The number of aldehydes is 1. The topological polar surface area (TPSA) is 17.1 Å². The van der Waals surface area contributed by atoms with Gasteiger partial charge in [0.05, 0.1) is 5.02 Å². The van der Waals surface area contributed by atoms with Gasteiger partial charge in [-0.2, -0.15) is 0 Å². The van der Waals surface area contributed by atoms with Crippen LogP contribution in [0.15, 0.2) is 18.2 Å². The lowest BCUT2D eigenvalue weighted by atomic mass is 10.1. The minimum absolute atomic E-state index is 0.247. The van der Waals surface area contributed by atoms with Gasteiger partial charge in [-0.15, -0.1) is 0 Å². The van der Waals surface area contributed by atoms with Crippen molar-refractivity contribution in [3.8, 4) is 0 Å². The Kier molecular flexibility index (Phi) is 2.60. The highest BCUT2D eigenvalue weighted by Crippen LogP contribution is 2.18. The molecule has 0 atom stereocenters. The third-order valence-corrected chi connectivity index (χ3v) is 1.73. The molecular formula is C8H6ClFO.